The molecule has 0 saturated carbocycles. The third-order valence-electron chi connectivity index (χ3n) is 12.2. The van der Waals surface area contributed by atoms with E-state index in [4.69, 9.17) is 14.2 Å². The summed E-state index contributed by atoms with van der Waals surface area (Å²) >= 11 is 0. The van der Waals surface area contributed by atoms with Crippen LogP contribution in [0.15, 0.2) is 109 Å². The number of hydrogen-bond donors (Lipinski definition) is 0. The smallest absolute Gasteiger partial charge is 0.306 e. The third-order valence-corrected chi connectivity index (χ3v) is 12.2. The number of ether oxygens (including phenoxy) is 3. The second-order valence-electron chi connectivity index (χ2n) is 19.2. The van der Waals surface area contributed by atoms with Crippen LogP contribution < -0.4 is 0 Å². The Morgan fingerprint density at radius 1 is 0.296 bits per heavy atom. The molecule has 0 aliphatic rings. The molecule has 0 aliphatic heterocycles. The number of unbranched alkanes of at least 4 members (excludes halogenated alkanes) is 23. The molecular formula is C65H108O6. The molecule has 0 spiro atoms. The van der Waals surface area contributed by atoms with Gasteiger partial charge in [-0.15, -0.1) is 0 Å². The third kappa shape index (κ3) is 56.9. The van der Waals surface area contributed by atoms with Crippen molar-refractivity contribution in [1.82, 2.24) is 0 Å². The molecule has 0 fully saturated rings. The van der Waals surface area contributed by atoms with Gasteiger partial charge >= 0.3 is 17.9 Å². The normalized spacial score (nSPS) is 12.9. The molecule has 0 unspecified atom stereocenters. The van der Waals surface area contributed by atoms with Gasteiger partial charge in [-0.05, 0) is 116 Å². The molecule has 0 aromatic rings. The SMILES string of the molecule is CC/C=C\C/C=C\C/C=C\C/C=C\C/C=C\C/C=C\CCC(=O)OC[C@H](COC(=O)CCCCCCCCCCC/C=C\CCCCCCCC)OC(=O)CCCCCCC/C=C\C/C=C\CCCCC. The Kier molecular flexibility index (Phi) is 55.4. The second kappa shape index (κ2) is 58.6. The van der Waals surface area contributed by atoms with Crippen molar-refractivity contribution in [2.45, 2.75) is 271 Å². The summed E-state index contributed by atoms with van der Waals surface area (Å²) in [5, 5.41) is 0. The van der Waals surface area contributed by atoms with Gasteiger partial charge in [0.25, 0.3) is 0 Å². The number of hydrogen-bond acceptors (Lipinski definition) is 6. The van der Waals surface area contributed by atoms with Crippen molar-refractivity contribution in [1.29, 1.82) is 0 Å². The minimum Gasteiger partial charge on any atom is -0.462 e. The van der Waals surface area contributed by atoms with Gasteiger partial charge in [0.1, 0.15) is 13.2 Å². The number of carbonyl (C=O) groups excluding carboxylic acids is 3. The summed E-state index contributed by atoms with van der Waals surface area (Å²) in [6, 6.07) is 0. The van der Waals surface area contributed by atoms with Crippen molar-refractivity contribution in [2.75, 3.05) is 13.2 Å². The van der Waals surface area contributed by atoms with E-state index in [1.54, 1.807) is 0 Å². The highest BCUT2D eigenvalue weighted by atomic mass is 16.6. The maximum atomic E-state index is 12.9. The average Bonchev–Trinajstić information content (AvgIpc) is 3.37. The molecule has 0 saturated heterocycles. The van der Waals surface area contributed by atoms with E-state index < -0.39 is 6.10 Å². The minimum absolute atomic E-state index is 0.109. The molecular weight excluding hydrogens is 877 g/mol. The highest BCUT2D eigenvalue weighted by Crippen LogP contribution is 2.14. The maximum absolute atomic E-state index is 12.9. The molecule has 0 N–H and O–H groups in total. The standard InChI is InChI=1S/C65H108O6/c1-4-7-10-13-16-19-22-25-28-30-32-34-37-39-42-45-48-51-54-57-63(66)69-60-62(71-65(68)59-56-53-50-47-44-41-36-27-24-21-18-15-12-9-6-3)61-70-64(67)58-55-52-49-46-43-40-38-35-33-31-29-26-23-20-17-14-11-8-5-2/h7,10,16,18-19,21,25-29,32,34,36,39,42,48,51,62H,4-6,8-9,11-15,17,20,22-24,30-31,33,35,37-38,40-41,43-47,49-50,52-61H2,1-3H3/b10-7-,19-16-,21-18-,28-25-,29-26-,34-32-,36-27-,42-39-,51-48-/t62-/m1/s1. The Morgan fingerprint density at radius 2 is 0.577 bits per heavy atom. The Labute approximate surface area is 438 Å². The first-order valence-corrected chi connectivity index (χ1v) is 29.4. The van der Waals surface area contributed by atoms with Gasteiger partial charge < -0.3 is 14.2 Å². The van der Waals surface area contributed by atoms with Crippen LogP contribution in [0.2, 0.25) is 0 Å². The van der Waals surface area contributed by atoms with Crippen LogP contribution in [0, 0.1) is 0 Å². The van der Waals surface area contributed by atoms with Crippen LogP contribution >= 0.6 is 0 Å². The molecule has 0 rings (SSSR count). The van der Waals surface area contributed by atoms with Crippen molar-refractivity contribution < 1.29 is 28.6 Å². The highest BCUT2D eigenvalue weighted by molar-refractivity contribution is 5.71. The van der Waals surface area contributed by atoms with Crippen molar-refractivity contribution in [3.8, 4) is 0 Å². The molecule has 0 aromatic heterocycles. The minimum atomic E-state index is -0.819. The zero-order chi connectivity index (χ0) is 51.4. The monoisotopic (exact) mass is 985 g/mol. The summed E-state index contributed by atoms with van der Waals surface area (Å²) < 4.78 is 16.8. The first kappa shape index (κ1) is 67.1. The Bertz CT molecular complexity index is 1460. The molecule has 0 aromatic carbocycles. The number of allylic oxidation sites excluding steroid dienone is 18. The summed E-state index contributed by atoms with van der Waals surface area (Å²) in [5.74, 6) is -1.01. The van der Waals surface area contributed by atoms with Crippen LogP contribution in [-0.2, 0) is 28.6 Å². The van der Waals surface area contributed by atoms with Crippen LogP contribution in [0.1, 0.15) is 265 Å². The highest BCUT2D eigenvalue weighted by Gasteiger charge is 2.19. The van der Waals surface area contributed by atoms with E-state index in [1.165, 1.54) is 116 Å². The molecule has 0 amide bonds. The van der Waals surface area contributed by atoms with E-state index >= 15 is 0 Å². The summed E-state index contributed by atoms with van der Waals surface area (Å²) in [7, 11) is 0. The molecule has 0 aliphatic carbocycles. The van der Waals surface area contributed by atoms with Gasteiger partial charge in [0.05, 0.1) is 0 Å². The predicted molar refractivity (Wildman–Crippen MR) is 307 cm³/mol. The Hall–Kier alpha value is -3.93. The van der Waals surface area contributed by atoms with E-state index in [9.17, 15) is 14.4 Å². The zero-order valence-electron chi connectivity index (χ0n) is 46.2. The molecule has 1 atom stereocenters. The molecule has 0 radical (unpaired) electrons. The van der Waals surface area contributed by atoms with Gasteiger partial charge in [-0.2, -0.15) is 0 Å². The van der Waals surface area contributed by atoms with Crippen LogP contribution in [0.4, 0.5) is 0 Å². The van der Waals surface area contributed by atoms with Gasteiger partial charge in [0.2, 0.25) is 0 Å². The average molecular weight is 986 g/mol. The fraction of sp³-hybridized carbons (Fsp3) is 0.677. The summed E-state index contributed by atoms with van der Waals surface area (Å²) in [6.45, 7) is 6.42. The van der Waals surface area contributed by atoms with Gasteiger partial charge in [-0.3, -0.25) is 14.4 Å². The lowest BCUT2D eigenvalue weighted by Crippen LogP contribution is -2.30. The number of rotatable bonds is 52. The molecule has 6 nitrogen and oxygen atoms in total. The van der Waals surface area contributed by atoms with Crippen molar-refractivity contribution in [3.63, 3.8) is 0 Å². The lowest BCUT2D eigenvalue weighted by atomic mass is 10.1. The fourth-order valence-electron chi connectivity index (χ4n) is 7.85. The van der Waals surface area contributed by atoms with Gasteiger partial charge in [0.15, 0.2) is 6.10 Å². The lowest BCUT2D eigenvalue weighted by molar-refractivity contribution is -0.166. The van der Waals surface area contributed by atoms with Crippen molar-refractivity contribution >= 4 is 17.9 Å². The van der Waals surface area contributed by atoms with Crippen molar-refractivity contribution in [3.05, 3.63) is 109 Å². The second-order valence-corrected chi connectivity index (χ2v) is 19.2. The summed E-state index contributed by atoms with van der Waals surface area (Å²) in [6.07, 6.45) is 79.5. The van der Waals surface area contributed by atoms with E-state index in [1.807, 2.05) is 6.08 Å². The first-order valence-electron chi connectivity index (χ1n) is 29.4. The van der Waals surface area contributed by atoms with Gasteiger partial charge in [-0.25, -0.2) is 0 Å². The van der Waals surface area contributed by atoms with E-state index in [0.717, 1.165) is 103 Å². The first-order chi connectivity index (χ1) is 35.0. The maximum Gasteiger partial charge on any atom is 0.306 e. The lowest BCUT2D eigenvalue weighted by Gasteiger charge is -2.18. The molecule has 0 heterocycles. The number of carbonyl (C=O) groups is 3. The zero-order valence-corrected chi connectivity index (χ0v) is 46.2. The van der Waals surface area contributed by atoms with Gasteiger partial charge in [-0.1, -0.05) is 239 Å². The Morgan fingerprint density at radius 3 is 0.986 bits per heavy atom. The predicted octanol–water partition coefficient (Wildman–Crippen LogP) is 19.9. The van der Waals surface area contributed by atoms with E-state index in [0.29, 0.717) is 19.3 Å². The topological polar surface area (TPSA) is 78.9 Å². The fourth-order valence-corrected chi connectivity index (χ4v) is 7.85. The van der Waals surface area contributed by atoms with Crippen LogP contribution in [0.5, 0.6) is 0 Å². The molecule has 404 valence electrons. The van der Waals surface area contributed by atoms with Crippen LogP contribution in [0.25, 0.3) is 0 Å². The molecule has 0 bridgehead atoms. The summed E-state index contributed by atoms with van der Waals surface area (Å²) in [5.41, 5.74) is 0. The molecule has 71 heavy (non-hydrogen) atoms. The van der Waals surface area contributed by atoms with Crippen LogP contribution in [-0.4, -0.2) is 37.2 Å². The largest absolute Gasteiger partial charge is 0.462 e. The van der Waals surface area contributed by atoms with E-state index in [2.05, 4.69) is 124 Å². The number of esters is 3. The Balaban J connectivity index is 4.50. The summed E-state index contributed by atoms with van der Waals surface area (Å²) in [4.78, 5) is 38.2. The van der Waals surface area contributed by atoms with E-state index in [-0.39, 0.29) is 37.5 Å². The van der Waals surface area contributed by atoms with Gasteiger partial charge in [0, 0.05) is 19.3 Å². The molecule has 6 heteroatoms. The quantitative estimate of drug-likeness (QED) is 0.0261. The van der Waals surface area contributed by atoms with Crippen LogP contribution in [0.3, 0.4) is 0 Å². The van der Waals surface area contributed by atoms with Crippen molar-refractivity contribution in [2.24, 2.45) is 0 Å².